The molecular weight excluding hydrogens is 432 g/mol. The van der Waals surface area contributed by atoms with Gasteiger partial charge in [-0.1, -0.05) is 34.5 Å². The molecule has 0 N–H and O–H groups in total. The molecule has 4 nitrogen and oxygen atoms in total. The van der Waals surface area contributed by atoms with Gasteiger partial charge < -0.3 is 4.90 Å². The average Bonchev–Trinajstić information content (AvgIpc) is 2.96. The second-order valence-electron chi connectivity index (χ2n) is 6.03. The van der Waals surface area contributed by atoms with Crippen molar-refractivity contribution in [1.29, 1.82) is 0 Å². The number of rotatable bonds is 5. The fraction of sp³-hybridized carbons (Fsp3) is 0.222. The molecule has 0 unspecified atom stereocenters. The maximum atomic E-state index is 13.5. The maximum Gasteiger partial charge on any atom is 0.260 e. The minimum Gasteiger partial charge on any atom is -0.308 e. The highest BCUT2D eigenvalue weighted by Gasteiger charge is 2.22. The van der Waals surface area contributed by atoms with E-state index >= 15 is 0 Å². The van der Waals surface area contributed by atoms with E-state index in [4.69, 9.17) is 23.2 Å². The van der Waals surface area contributed by atoms with Crippen LogP contribution in [0.3, 0.4) is 0 Å². The van der Waals surface area contributed by atoms with E-state index in [0.717, 1.165) is 0 Å². The molecule has 2 aromatic carbocycles. The van der Waals surface area contributed by atoms with Crippen molar-refractivity contribution in [3.8, 4) is 0 Å². The monoisotopic (exact) mass is 447 g/mol. The quantitative estimate of drug-likeness (QED) is 0.526. The molecule has 1 amide bonds. The first-order chi connectivity index (χ1) is 12.3. The van der Waals surface area contributed by atoms with E-state index in [1.54, 1.807) is 29.2 Å². The van der Waals surface area contributed by atoms with Crippen LogP contribution in [0.15, 0.2) is 36.4 Å². The number of likely N-dealkylation sites (N-methyl/N-ethyl adjacent to an activating group) is 1. The molecule has 0 saturated carbocycles. The van der Waals surface area contributed by atoms with Crippen LogP contribution in [0.1, 0.15) is 10.4 Å². The molecule has 27 heavy (non-hydrogen) atoms. The Kier molecular flexibility index (Phi) is 7.42. The van der Waals surface area contributed by atoms with Crippen molar-refractivity contribution in [1.82, 2.24) is 9.88 Å². The zero-order chi connectivity index (χ0) is 18.8. The number of halogens is 4. The van der Waals surface area contributed by atoms with E-state index in [1.165, 1.54) is 23.5 Å². The average molecular weight is 449 g/mol. The number of thiazole rings is 1. The largest absolute Gasteiger partial charge is 0.308 e. The van der Waals surface area contributed by atoms with Gasteiger partial charge in [0, 0.05) is 28.7 Å². The SMILES string of the molecule is CN(C)CCN(C(=O)c1cc(Cl)cc(Cl)c1)c1nc2ccc(F)cc2s1.Cl. The van der Waals surface area contributed by atoms with E-state index in [9.17, 15) is 9.18 Å². The summed E-state index contributed by atoms with van der Waals surface area (Å²) in [4.78, 5) is 21.1. The first-order valence-corrected chi connectivity index (χ1v) is 9.39. The van der Waals surface area contributed by atoms with Crippen molar-refractivity contribution in [3.05, 3.63) is 57.8 Å². The lowest BCUT2D eigenvalue weighted by molar-refractivity contribution is 0.0985. The Morgan fingerprint density at radius 3 is 2.41 bits per heavy atom. The molecule has 0 aliphatic carbocycles. The predicted molar refractivity (Wildman–Crippen MR) is 114 cm³/mol. The number of nitrogens with zero attached hydrogens (tertiary/aromatic N) is 3. The molecule has 0 aliphatic heterocycles. The highest BCUT2D eigenvalue weighted by atomic mass is 35.5. The summed E-state index contributed by atoms with van der Waals surface area (Å²) in [7, 11) is 3.85. The van der Waals surface area contributed by atoms with E-state index in [1.807, 2.05) is 19.0 Å². The normalized spacial score (nSPS) is 10.9. The number of anilines is 1. The number of aromatic nitrogens is 1. The van der Waals surface area contributed by atoms with E-state index < -0.39 is 0 Å². The molecule has 1 heterocycles. The summed E-state index contributed by atoms with van der Waals surface area (Å²) in [6.45, 7) is 1.07. The van der Waals surface area contributed by atoms with Gasteiger partial charge in [-0.05, 0) is 50.5 Å². The molecule has 0 atom stereocenters. The molecule has 0 aliphatic rings. The number of fused-ring (bicyclic) bond motifs is 1. The molecule has 144 valence electrons. The summed E-state index contributed by atoms with van der Waals surface area (Å²) in [6, 6.07) is 9.10. The van der Waals surface area contributed by atoms with Crippen LogP contribution in [0.2, 0.25) is 10.0 Å². The van der Waals surface area contributed by atoms with Crippen LogP contribution >= 0.6 is 46.9 Å². The van der Waals surface area contributed by atoms with E-state index in [0.29, 0.717) is 44.0 Å². The summed E-state index contributed by atoms with van der Waals surface area (Å²) >= 11 is 13.3. The minimum absolute atomic E-state index is 0. The Labute approximate surface area is 176 Å². The van der Waals surface area contributed by atoms with Gasteiger partial charge in [0.2, 0.25) is 0 Å². The molecule has 3 aromatic rings. The smallest absolute Gasteiger partial charge is 0.260 e. The number of benzene rings is 2. The maximum absolute atomic E-state index is 13.5. The summed E-state index contributed by atoms with van der Waals surface area (Å²) in [5.74, 6) is -0.587. The number of hydrogen-bond donors (Lipinski definition) is 0. The van der Waals surface area contributed by atoms with Gasteiger partial charge >= 0.3 is 0 Å². The molecule has 0 radical (unpaired) electrons. The number of carbonyl (C=O) groups excluding carboxylic acids is 1. The first-order valence-electron chi connectivity index (χ1n) is 7.82. The van der Waals surface area contributed by atoms with Gasteiger partial charge in [0.1, 0.15) is 5.82 Å². The predicted octanol–water partition coefficient (Wildman–Crippen LogP) is 5.37. The van der Waals surface area contributed by atoms with Crippen molar-refractivity contribution >= 4 is 68.2 Å². The highest BCUT2D eigenvalue weighted by Crippen LogP contribution is 2.31. The topological polar surface area (TPSA) is 36.4 Å². The van der Waals surface area contributed by atoms with Crippen LogP contribution in [0.5, 0.6) is 0 Å². The number of hydrogen-bond acceptors (Lipinski definition) is 4. The summed E-state index contributed by atoms with van der Waals surface area (Å²) in [6.07, 6.45) is 0. The van der Waals surface area contributed by atoms with Crippen LogP contribution in [-0.4, -0.2) is 43.0 Å². The van der Waals surface area contributed by atoms with E-state index in [2.05, 4.69) is 4.98 Å². The first kappa shape index (κ1) is 21.9. The Morgan fingerprint density at radius 1 is 1.11 bits per heavy atom. The molecule has 0 spiro atoms. The molecule has 1 aromatic heterocycles. The second kappa shape index (κ2) is 9.17. The van der Waals surface area contributed by atoms with Gasteiger partial charge in [-0.2, -0.15) is 0 Å². The van der Waals surface area contributed by atoms with Crippen molar-refractivity contribution in [2.45, 2.75) is 0 Å². The highest BCUT2D eigenvalue weighted by molar-refractivity contribution is 7.22. The minimum atomic E-state index is -0.333. The van der Waals surface area contributed by atoms with Crippen LogP contribution in [0, 0.1) is 5.82 Å². The Balaban J connectivity index is 0.00000261. The van der Waals surface area contributed by atoms with Crippen LogP contribution in [0.25, 0.3) is 10.2 Å². The van der Waals surface area contributed by atoms with Gasteiger partial charge in [0.05, 0.1) is 10.2 Å². The second-order valence-corrected chi connectivity index (χ2v) is 7.91. The van der Waals surface area contributed by atoms with Gasteiger partial charge in [0.25, 0.3) is 5.91 Å². The van der Waals surface area contributed by atoms with Crippen molar-refractivity contribution in [2.24, 2.45) is 0 Å². The Bertz CT molecular complexity index is 944. The van der Waals surface area contributed by atoms with Gasteiger partial charge in [-0.15, -0.1) is 12.4 Å². The fourth-order valence-corrected chi connectivity index (χ4v) is 3.96. The fourth-order valence-electron chi connectivity index (χ4n) is 2.42. The molecule has 9 heteroatoms. The van der Waals surface area contributed by atoms with E-state index in [-0.39, 0.29) is 24.1 Å². The summed E-state index contributed by atoms with van der Waals surface area (Å²) in [5.41, 5.74) is 1.03. The number of carbonyl (C=O) groups is 1. The van der Waals surface area contributed by atoms with Crippen LogP contribution < -0.4 is 4.90 Å². The third-order valence-electron chi connectivity index (χ3n) is 3.70. The lowest BCUT2D eigenvalue weighted by Gasteiger charge is -2.22. The van der Waals surface area contributed by atoms with Crippen LogP contribution in [-0.2, 0) is 0 Å². The molecular formula is C18H17Cl3FN3OS. The summed E-state index contributed by atoms with van der Waals surface area (Å²) in [5, 5.41) is 1.29. The lowest BCUT2D eigenvalue weighted by atomic mass is 10.2. The van der Waals surface area contributed by atoms with Gasteiger partial charge in [-0.3, -0.25) is 9.69 Å². The lowest BCUT2D eigenvalue weighted by Crippen LogP contribution is -2.36. The van der Waals surface area contributed by atoms with Crippen molar-refractivity contribution in [2.75, 3.05) is 32.1 Å². The zero-order valence-electron chi connectivity index (χ0n) is 14.6. The molecule has 3 rings (SSSR count). The van der Waals surface area contributed by atoms with Gasteiger partial charge in [-0.25, -0.2) is 9.37 Å². The molecule has 0 fully saturated rings. The van der Waals surface area contributed by atoms with Crippen molar-refractivity contribution < 1.29 is 9.18 Å². The Hall–Kier alpha value is -1.44. The summed E-state index contributed by atoms with van der Waals surface area (Å²) < 4.78 is 14.2. The molecule has 0 bridgehead atoms. The third kappa shape index (κ3) is 5.30. The zero-order valence-corrected chi connectivity index (χ0v) is 17.7. The van der Waals surface area contributed by atoms with Gasteiger partial charge in [0.15, 0.2) is 5.13 Å². The molecule has 0 saturated heterocycles. The number of amides is 1. The standard InChI is InChI=1S/C18H16Cl2FN3OS.ClH/c1-23(2)5-6-24(17(25)11-7-12(19)9-13(20)8-11)18-22-15-4-3-14(21)10-16(15)26-18;/h3-4,7-10H,5-6H2,1-2H3;1H. The van der Waals surface area contributed by atoms with Crippen LogP contribution in [0.4, 0.5) is 9.52 Å². The Morgan fingerprint density at radius 2 is 1.78 bits per heavy atom. The third-order valence-corrected chi connectivity index (χ3v) is 5.17. The van der Waals surface area contributed by atoms with Crippen molar-refractivity contribution in [3.63, 3.8) is 0 Å².